The Morgan fingerprint density at radius 2 is 2.12 bits per heavy atom. The van der Waals surface area contributed by atoms with E-state index in [1.165, 1.54) is 0 Å². The highest BCUT2D eigenvalue weighted by Crippen LogP contribution is 2.05. The van der Waals surface area contributed by atoms with Gasteiger partial charge in [0.05, 0.1) is 0 Å². The van der Waals surface area contributed by atoms with Crippen LogP contribution in [0.4, 0.5) is 0 Å². The summed E-state index contributed by atoms with van der Waals surface area (Å²) in [7, 11) is 0. The average molecular weight is 225 g/mol. The molecule has 1 unspecified atom stereocenters. The van der Waals surface area contributed by atoms with Gasteiger partial charge in [0, 0.05) is 18.9 Å². The standard InChI is InChI=1S/C11H19N3O2/c1-7(2)6-8(3)12-11(16)9-4-5-10(15)14-13-9/h7-8H,4-6H2,1-3H3,(H,12,16)(H,14,15). The Kier molecular flexibility index (Phi) is 4.46. The predicted octanol–water partition coefficient (Wildman–Crippen LogP) is 0.803. The zero-order valence-corrected chi connectivity index (χ0v) is 10.0. The van der Waals surface area contributed by atoms with Gasteiger partial charge in [0.15, 0.2) is 0 Å². The summed E-state index contributed by atoms with van der Waals surface area (Å²) >= 11 is 0. The van der Waals surface area contributed by atoms with Gasteiger partial charge in [-0.05, 0) is 19.3 Å². The second-order valence-electron chi connectivity index (χ2n) is 4.60. The summed E-state index contributed by atoms with van der Waals surface area (Å²) in [5.41, 5.74) is 2.73. The maximum atomic E-state index is 11.7. The number of nitrogens with one attached hydrogen (secondary N) is 2. The predicted molar refractivity (Wildman–Crippen MR) is 61.9 cm³/mol. The third-order valence-electron chi connectivity index (χ3n) is 2.37. The lowest BCUT2D eigenvalue weighted by Gasteiger charge is -2.17. The first-order chi connectivity index (χ1) is 7.49. The molecule has 1 rings (SSSR count). The Morgan fingerprint density at radius 1 is 1.44 bits per heavy atom. The molecule has 0 bridgehead atoms. The second-order valence-corrected chi connectivity index (χ2v) is 4.60. The molecule has 0 spiro atoms. The number of carbonyl (C=O) groups is 2. The van der Waals surface area contributed by atoms with Crippen LogP contribution in [-0.2, 0) is 9.59 Å². The van der Waals surface area contributed by atoms with Crippen LogP contribution < -0.4 is 10.7 Å². The minimum atomic E-state index is -0.173. The third kappa shape index (κ3) is 4.00. The molecule has 0 saturated carbocycles. The lowest BCUT2D eigenvalue weighted by atomic mass is 10.0. The van der Waals surface area contributed by atoms with Crippen LogP contribution in [0.15, 0.2) is 5.10 Å². The minimum Gasteiger partial charge on any atom is -0.348 e. The van der Waals surface area contributed by atoms with Gasteiger partial charge in [-0.2, -0.15) is 5.10 Å². The van der Waals surface area contributed by atoms with Crippen LogP contribution in [0, 0.1) is 5.92 Å². The van der Waals surface area contributed by atoms with Gasteiger partial charge in [0.1, 0.15) is 5.71 Å². The van der Waals surface area contributed by atoms with Crippen molar-refractivity contribution in [3.63, 3.8) is 0 Å². The first-order valence-electron chi connectivity index (χ1n) is 5.65. The zero-order chi connectivity index (χ0) is 12.1. The lowest BCUT2D eigenvalue weighted by Crippen LogP contribution is -2.41. The van der Waals surface area contributed by atoms with E-state index in [0.29, 0.717) is 24.5 Å². The van der Waals surface area contributed by atoms with Gasteiger partial charge < -0.3 is 5.32 Å². The molecule has 1 aliphatic heterocycles. The van der Waals surface area contributed by atoms with E-state index in [0.717, 1.165) is 6.42 Å². The van der Waals surface area contributed by atoms with E-state index in [1.54, 1.807) is 0 Å². The molecule has 1 heterocycles. The fourth-order valence-electron chi connectivity index (χ4n) is 1.71. The quantitative estimate of drug-likeness (QED) is 0.743. The first-order valence-corrected chi connectivity index (χ1v) is 5.65. The molecule has 5 nitrogen and oxygen atoms in total. The largest absolute Gasteiger partial charge is 0.348 e. The summed E-state index contributed by atoms with van der Waals surface area (Å²) in [6, 6.07) is 0.132. The van der Waals surface area contributed by atoms with E-state index in [4.69, 9.17) is 0 Å². The molecule has 2 amide bonds. The minimum absolute atomic E-state index is 0.132. The van der Waals surface area contributed by atoms with Gasteiger partial charge in [-0.3, -0.25) is 9.59 Å². The number of hydrazone groups is 1. The Hall–Kier alpha value is -1.39. The normalized spacial score (nSPS) is 17.8. The van der Waals surface area contributed by atoms with Gasteiger partial charge in [-0.15, -0.1) is 0 Å². The second kappa shape index (κ2) is 5.63. The van der Waals surface area contributed by atoms with Crippen LogP contribution in [0.25, 0.3) is 0 Å². The molecule has 16 heavy (non-hydrogen) atoms. The molecule has 0 fully saturated rings. The van der Waals surface area contributed by atoms with E-state index in [2.05, 4.69) is 29.7 Å². The van der Waals surface area contributed by atoms with Crippen molar-refractivity contribution in [2.24, 2.45) is 11.0 Å². The van der Waals surface area contributed by atoms with E-state index in [1.807, 2.05) is 6.92 Å². The first kappa shape index (κ1) is 12.7. The summed E-state index contributed by atoms with van der Waals surface area (Å²) in [6.07, 6.45) is 1.70. The van der Waals surface area contributed by atoms with Gasteiger partial charge in [0.2, 0.25) is 5.91 Å². The molecule has 0 aromatic rings. The van der Waals surface area contributed by atoms with E-state index >= 15 is 0 Å². The summed E-state index contributed by atoms with van der Waals surface area (Å²) in [5, 5.41) is 6.62. The lowest BCUT2D eigenvalue weighted by molar-refractivity contribution is -0.121. The van der Waals surface area contributed by atoms with E-state index in [9.17, 15) is 9.59 Å². The van der Waals surface area contributed by atoms with Crippen molar-refractivity contribution in [2.45, 2.75) is 46.1 Å². The molecule has 1 atom stereocenters. The van der Waals surface area contributed by atoms with Crippen molar-refractivity contribution in [1.29, 1.82) is 0 Å². The summed E-state index contributed by atoms with van der Waals surface area (Å²) < 4.78 is 0. The van der Waals surface area contributed by atoms with Crippen LogP contribution in [0.3, 0.4) is 0 Å². The fraction of sp³-hybridized carbons (Fsp3) is 0.727. The summed E-state index contributed by atoms with van der Waals surface area (Å²) in [4.78, 5) is 22.6. The smallest absolute Gasteiger partial charge is 0.267 e. The average Bonchev–Trinajstić information content (AvgIpc) is 2.16. The molecule has 0 radical (unpaired) electrons. The van der Waals surface area contributed by atoms with Crippen LogP contribution in [0.5, 0.6) is 0 Å². The summed E-state index contributed by atoms with van der Waals surface area (Å²) in [6.45, 7) is 6.20. The topological polar surface area (TPSA) is 70.6 Å². The highest BCUT2D eigenvalue weighted by atomic mass is 16.2. The molecule has 0 aliphatic carbocycles. The number of rotatable bonds is 4. The van der Waals surface area contributed by atoms with Gasteiger partial charge in [0.25, 0.3) is 5.91 Å². The van der Waals surface area contributed by atoms with Crippen molar-refractivity contribution < 1.29 is 9.59 Å². The van der Waals surface area contributed by atoms with Gasteiger partial charge >= 0.3 is 0 Å². The van der Waals surface area contributed by atoms with Crippen LogP contribution in [-0.4, -0.2) is 23.6 Å². The van der Waals surface area contributed by atoms with E-state index < -0.39 is 0 Å². The fourth-order valence-corrected chi connectivity index (χ4v) is 1.71. The van der Waals surface area contributed by atoms with Crippen molar-refractivity contribution >= 4 is 17.5 Å². The van der Waals surface area contributed by atoms with Crippen molar-refractivity contribution in [1.82, 2.24) is 10.7 Å². The molecule has 1 aliphatic rings. The molecule has 5 heteroatoms. The van der Waals surface area contributed by atoms with Crippen molar-refractivity contribution in [3.8, 4) is 0 Å². The zero-order valence-electron chi connectivity index (χ0n) is 10.0. The highest BCUT2D eigenvalue weighted by molar-refractivity contribution is 6.39. The van der Waals surface area contributed by atoms with E-state index in [-0.39, 0.29) is 17.9 Å². The number of hydrogen-bond donors (Lipinski definition) is 2. The van der Waals surface area contributed by atoms with Gasteiger partial charge in [-0.25, -0.2) is 5.43 Å². The van der Waals surface area contributed by atoms with Gasteiger partial charge in [-0.1, -0.05) is 13.8 Å². The van der Waals surface area contributed by atoms with Crippen LogP contribution in [0.1, 0.15) is 40.0 Å². The highest BCUT2D eigenvalue weighted by Gasteiger charge is 2.19. The Labute approximate surface area is 95.7 Å². The number of nitrogens with zero attached hydrogens (tertiary/aromatic N) is 1. The number of carbonyl (C=O) groups excluding carboxylic acids is 2. The SMILES string of the molecule is CC(C)CC(C)NC(=O)C1=NNC(=O)CC1. The molecular formula is C11H19N3O2. The number of amides is 2. The molecule has 0 aromatic heterocycles. The van der Waals surface area contributed by atoms with Crippen molar-refractivity contribution in [2.75, 3.05) is 0 Å². The number of hydrogen-bond acceptors (Lipinski definition) is 3. The summed E-state index contributed by atoms with van der Waals surface area (Å²) in [5.74, 6) is 0.239. The van der Waals surface area contributed by atoms with Crippen LogP contribution in [0.2, 0.25) is 0 Å². The Balaban J connectivity index is 2.43. The Morgan fingerprint density at radius 3 is 2.62 bits per heavy atom. The van der Waals surface area contributed by atoms with Crippen LogP contribution >= 0.6 is 0 Å². The molecule has 90 valence electrons. The molecule has 0 saturated heterocycles. The van der Waals surface area contributed by atoms with Crippen molar-refractivity contribution in [3.05, 3.63) is 0 Å². The monoisotopic (exact) mass is 225 g/mol. The Bertz CT molecular complexity index is 310. The maximum absolute atomic E-state index is 11.7. The maximum Gasteiger partial charge on any atom is 0.267 e. The molecule has 0 aromatic carbocycles. The molecule has 2 N–H and O–H groups in total. The molecular weight excluding hydrogens is 206 g/mol. The third-order valence-corrected chi connectivity index (χ3v) is 2.37.